The molecule has 0 aromatic heterocycles. The normalized spacial score (nSPS) is 21.1. The third-order valence-corrected chi connectivity index (χ3v) is 3.66. The summed E-state index contributed by atoms with van der Waals surface area (Å²) < 4.78 is 5.24. The third kappa shape index (κ3) is 3.54. The zero-order chi connectivity index (χ0) is 13.7. The van der Waals surface area contributed by atoms with Gasteiger partial charge >= 0.3 is 0 Å². The standard InChI is InChI=1S/C15H23NO3/c1-2-19-11-13(18)9-16-8-7-12-5-3-4-6-14(12)15(16)10-17/h3-6,13,15,17-18H,2,7-11H2,1H3. The molecular weight excluding hydrogens is 242 g/mol. The lowest BCUT2D eigenvalue weighted by atomic mass is 9.93. The fraction of sp³-hybridized carbons (Fsp3) is 0.600. The first-order chi connectivity index (χ1) is 9.26. The molecule has 2 atom stereocenters. The van der Waals surface area contributed by atoms with E-state index in [9.17, 15) is 10.2 Å². The van der Waals surface area contributed by atoms with Crippen LogP contribution in [0.15, 0.2) is 24.3 Å². The minimum atomic E-state index is -0.501. The Bertz CT molecular complexity index is 397. The number of rotatable bonds is 6. The highest BCUT2D eigenvalue weighted by molar-refractivity contribution is 5.32. The first kappa shape index (κ1) is 14.5. The number of hydrogen-bond donors (Lipinski definition) is 2. The summed E-state index contributed by atoms with van der Waals surface area (Å²) in [5, 5.41) is 19.6. The summed E-state index contributed by atoms with van der Waals surface area (Å²) in [5.74, 6) is 0. The van der Waals surface area contributed by atoms with Crippen LogP contribution in [-0.2, 0) is 11.2 Å². The molecule has 0 aliphatic carbocycles. The smallest absolute Gasteiger partial charge is 0.0900 e. The molecule has 2 rings (SSSR count). The second-order valence-electron chi connectivity index (χ2n) is 4.96. The molecule has 4 heteroatoms. The van der Waals surface area contributed by atoms with Crippen LogP contribution in [0.3, 0.4) is 0 Å². The van der Waals surface area contributed by atoms with Gasteiger partial charge in [-0.15, -0.1) is 0 Å². The molecule has 1 aliphatic heterocycles. The van der Waals surface area contributed by atoms with E-state index in [4.69, 9.17) is 4.74 Å². The fourth-order valence-electron chi connectivity index (χ4n) is 2.71. The molecule has 1 heterocycles. The maximum atomic E-state index is 9.95. The summed E-state index contributed by atoms with van der Waals surface area (Å²) in [5.41, 5.74) is 2.48. The van der Waals surface area contributed by atoms with Crippen LogP contribution in [0.25, 0.3) is 0 Å². The Balaban J connectivity index is 2.03. The van der Waals surface area contributed by atoms with Crippen LogP contribution >= 0.6 is 0 Å². The molecule has 0 amide bonds. The van der Waals surface area contributed by atoms with Crippen LogP contribution in [0.5, 0.6) is 0 Å². The van der Waals surface area contributed by atoms with Gasteiger partial charge in [-0.2, -0.15) is 0 Å². The van der Waals surface area contributed by atoms with E-state index in [1.807, 2.05) is 19.1 Å². The molecule has 1 aliphatic rings. The van der Waals surface area contributed by atoms with Crippen molar-refractivity contribution in [3.63, 3.8) is 0 Å². The van der Waals surface area contributed by atoms with Crippen molar-refractivity contribution >= 4 is 0 Å². The van der Waals surface area contributed by atoms with E-state index in [1.54, 1.807) is 0 Å². The van der Waals surface area contributed by atoms with Crippen molar-refractivity contribution in [3.05, 3.63) is 35.4 Å². The molecule has 19 heavy (non-hydrogen) atoms. The summed E-state index contributed by atoms with van der Waals surface area (Å²) in [6, 6.07) is 8.21. The van der Waals surface area contributed by atoms with Gasteiger partial charge in [-0.1, -0.05) is 24.3 Å². The Kier molecular flexibility index (Phi) is 5.34. The van der Waals surface area contributed by atoms with Crippen molar-refractivity contribution in [3.8, 4) is 0 Å². The molecule has 4 nitrogen and oxygen atoms in total. The molecule has 0 bridgehead atoms. The van der Waals surface area contributed by atoms with Crippen molar-refractivity contribution < 1.29 is 14.9 Å². The largest absolute Gasteiger partial charge is 0.394 e. The van der Waals surface area contributed by atoms with E-state index in [-0.39, 0.29) is 12.6 Å². The average molecular weight is 265 g/mol. The van der Waals surface area contributed by atoms with Crippen LogP contribution in [0.4, 0.5) is 0 Å². The Morgan fingerprint density at radius 3 is 2.95 bits per heavy atom. The Morgan fingerprint density at radius 1 is 1.42 bits per heavy atom. The number of hydrogen-bond acceptors (Lipinski definition) is 4. The number of benzene rings is 1. The van der Waals surface area contributed by atoms with E-state index in [0.29, 0.717) is 19.8 Å². The van der Waals surface area contributed by atoms with Gasteiger partial charge in [0.1, 0.15) is 0 Å². The van der Waals surface area contributed by atoms with E-state index in [2.05, 4.69) is 17.0 Å². The van der Waals surface area contributed by atoms with Gasteiger partial charge in [-0.3, -0.25) is 4.90 Å². The van der Waals surface area contributed by atoms with Crippen LogP contribution in [0.2, 0.25) is 0 Å². The number of aliphatic hydroxyl groups excluding tert-OH is 2. The molecular formula is C15H23NO3. The first-order valence-electron chi connectivity index (χ1n) is 6.94. The zero-order valence-electron chi connectivity index (χ0n) is 11.5. The van der Waals surface area contributed by atoms with Crippen molar-refractivity contribution in [1.82, 2.24) is 4.90 Å². The lowest BCUT2D eigenvalue weighted by molar-refractivity contribution is 0.00269. The Labute approximate surface area is 114 Å². The first-order valence-corrected chi connectivity index (χ1v) is 6.94. The van der Waals surface area contributed by atoms with Gasteiger partial charge < -0.3 is 14.9 Å². The van der Waals surface area contributed by atoms with Gasteiger partial charge in [-0.05, 0) is 24.5 Å². The minimum absolute atomic E-state index is 0.0128. The van der Waals surface area contributed by atoms with Crippen molar-refractivity contribution in [2.75, 3.05) is 32.9 Å². The third-order valence-electron chi connectivity index (χ3n) is 3.66. The van der Waals surface area contributed by atoms with Crippen LogP contribution in [0, 0.1) is 0 Å². The highest BCUT2D eigenvalue weighted by Gasteiger charge is 2.27. The molecule has 2 unspecified atom stereocenters. The molecule has 0 saturated carbocycles. The van der Waals surface area contributed by atoms with E-state index in [0.717, 1.165) is 13.0 Å². The predicted molar refractivity (Wildman–Crippen MR) is 74.0 cm³/mol. The van der Waals surface area contributed by atoms with E-state index >= 15 is 0 Å². The Morgan fingerprint density at radius 2 is 2.21 bits per heavy atom. The van der Waals surface area contributed by atoms with E-state index in [1.165, 1.54) is 11.1 Å². The summed E-state index contributed by atoms with van der Waals surface area (Å²) in [6.45, 7) is 4.37. The van der Waals surface area contributed by atoms with Crippen LogP contribution < -0.4 is 0 Å². The molecule has 1 aromatic carbocycles. The molecule has 0 fully saturated rings. The maximum absolute atomic E-state index is 9.95. The van der Waals surface area contributed by atoms with Crippen LogP contribution in [0.1, 0.15) is 24.1 Å². The molecule has 0 saturated heterocycles. The van der Waals surface area contributed by atoms with Gasteiger partial charge in [0.25, 0.3) is 0 Å². The number of β-amino-alcohol motifs (C(OH)–C–C–N with tert-alkyl or cyclic N) is 1. The highest BCUT2D eigenvalue weighted by Crippen LogP contribution is 2.29. The van der Waals surface area contributed by atoms with E-state index < -0.39 is 6.10 Å². The lowest BCUT2D eigenvalue weighted by Crippen LogP contribution is -2.42. The summed E-state index contributed by atoms with van der Waals surface area (Å²) >= 11 is 0. The number of nitrogens with zero attached hydrogens (tertiary/aromatic N) is 1. The molecule has 106 valence electrons. The number of aliphatic hydroxyl groups is 2. The minimum Gasteiger partial charge on any atom is -0.394 e. The predicted octanol–water partition coefficient (Wildman–Crippen LogP) is 0.975. The van der Waals surface area contributed by atoms with Gasteiger partial charge in [0.05, 0.1) is 25.4 Å². The molecule has 0 radical (unpaired) electrons. The fourth-order valence-corrected chi connectivity index (χ4v) is 2.71. The topological polar surface area (TPSA) is 52.9 Å². The average Bonchev–Trinajstić information content (AvgIpc) is 2.45. The van der Waals surface area contributed by atoms with Gasteiger partial charge in [0.15, 0.2) is 0 Å². The summed E-state index contributed by atoms with van der Waals surface area (Å²) in [7, 11) is 0. The van der Waals surface area contributed by atoms with Gasteiger partial charge in [-0.25, -0.2) is 0 Å². The molecule has 1 aromatic rings. The lowest BCUT2D eigenvalue weighted by Gasteiger charge is -2.37. The second-order valence-corrected chi connectivity index (χ2v) is 4.96. The summed E-state index contributed by atoms with van der Waals surface area (Å²) in [6.07, 6.45) is 0.466. The number of fused-ring (bicyclic) bond motifs is 1. The molecule has 0 spiro atoms. The van der Waals surface area contributed by atoms with Crippen molar-refractivity contribution in [2.45, 2.75) is 25.5 Å². The van der Waals surface area contributed by atoms with Crippen LogP contribution in [-0.4, -0.2) is 54.1 Å². The van der Waals surface area contributed by atoms with Gasteiger partial charge in [0.2, 0.25) is 0 Å². The quantitative estimate of drug-likeness (QED) is 0.805. The zero-order valence-corrected chi connectivity index (χ0v) is 11.5. The van der Waals surface area contributed by atoms with Crippen molar-refractivity contribution in [2.24, 2.45) is 0 Å². The Hall–Kier alpha value is -0.940. The van der Waals surface area contributed by atoms with Crippen molar-refractivity contribution in [1.29, 1.82) is 0 Å². The summed E-state index contributed by atoms with van der Waals surface area (Å²) in [4.78, 5) is 2.14. The van der Waals surface area contributed by atoms with Gasteiger partial charge in [0, 0.05) is 19.7 Å². The highest BCUT2D eigenvalue weighted by atomic mass is 16.5. The monoisotopic (exact) mass is 265 g/mol. The number of ether oxygens (including phenoxy) is 1. The SMILES string of the molecule is CCOCC(O)CN1CCc2ccccc2C1CO. The molecule has 2 N–H and O–H groups in total. The maximum Gasteiger partial charge on any atom is 0.0900 e. The second kappa shape index (κ2) is 7.01.